The zero-order valence-electron chi connectivity index (χ0n) is 8.70. The van der Waals surface area contributed by atoms with Gasteiger partial charge < -0.3 is 4.90 Å². The molecule has 5 heteroatoms. The first-order valence-corrected chi connectivity index (χ1v) is 5.44. The number of amides is 1. The maximum absolute atomic E-state index is 13.6. The van der Waals surface area contributed by atoms with E-state index >= 15 is 0 Å². The fourth-order valence-electron chi connectivity index (χ4n) is 1.76. The van der Waals surface area contributed by atoms with Crippen LogP contribution in [-0.4, -0.2) is 17.7 Å². The van der Waals surface area contributed by atoms with Gasteiger partial charge in [0.15, 0.2) is 0 Å². The van der Waals surface area contributed by atoms with Crippen LogP contribution in [0.5, 0.6) is 0 Å². The number of halogens is 2. The highest BCUT2D eigenvalue weighted by atomic mass is 32.1. The second kappa shape index (κ2) is 4.05. The molecule has 0 radical (unpaired) electrons. The van der Waals surface area contributed by atoms with Crippen molar-refractivity contribution < 1.29 is 13.6 Å². The molecule has 1 fully saturated rings. The minimum absolute atomic E-state index is 0.00431. The van der Waals surface area contributed by atoms with Crippen LogP contribution < -0.4 is 4.90 Å². The van der Waals surface area contributed by atoms with Crippen molar-refractivity contribution in [1.82, 2.24) is 0 Å². The van der Waals surface area contributed by atoms with E-state index in [4.69, 9.17) is 0 Å². The van der Waals surface area contributed by atoms with E-state index in [1.165, 1.54) is 11.8 Å². The molecule has 1 aromatic carbocycles. The molecule has 1 aromatic rings. The predicted octanol–water partition coefficient (Wildman–Crippen LogP) is 2.31. The number of hydrogen-bond donors (Lipinski definition) is 1. The van der Waals surface area contributed by atoms with E-state index in [2.05, 4.69) is 12.6 Å². The number of thiol groups is 1. The van der Waals surface area contributed by atoms with E-state index in [9.17, 15) is 13.6 Å². The van der Waals surface area contributed by atoms with Gasteiger partial charge in [-0.15, -0.1) is 0 Å². The van der Waals surface area contributed by atoms with Gasteiger partial charge in [-0.25, -0.2) is 8.78 Å². The topological polar surface area (TPSA) is 20.3 Å². The number of benzene rings is 1. The third kappa shape index (κ3) is 1.91. The van der Waals surface area contributed by atoms with Crippen LogP contribution in [0.4, 0.5) is 14.5 Å². The number of aryl methyl sites for hydroxylation is 1. The summed E-state index contributed by atoms with van der Waals surface area (Å²) >= 11 is 4.16. The largest absolute Gasteiger partial charge is 0.308 e. The Morgan fingerprint density at radius 2 is 2.06 bits per heavy atom. The molecule has 1 aliphatic heterocycles. The van der Waals surface area contributed by atoms with Crippen LogP contribution in [0, 0.1) is 18.6 Å². The van der Waals surface area contributed by atoms with E-state index in [0.29, 0.717) is 6.54 Å². The van der Waals surface area contributed by atoms with Crippen LogP contribution >= 0.6 is 12.6 Å². The fraction of sp³-hybridized carbons (Fsp3) is 0.364. The lowest BCUT2D eigenvalue weighted by Gasteiger charge is -2.17. The summed E-state index contributed by atoms with van der Waals surface area (Å²) in [6.07, 6.45) is 0.262. The van der Waals surface area contributed by atoms with Crippen molar-refractivity contribution in [2.24, 2.45) is 0 Å². The maximum atomic E-state index is 13.6. The fourth-order valence-corrected chi connectivity index (χ4v) is 2.08. The molecule has 0 spiro atoms. The standard InChI is InChI=1S/C11H11F2NOS/c1-6-2-9(13)10(4-8(6)12)14-5-7(16)3-11(14)15/h2,4,7,16H,3,5H2,1H3. The van der Waals surface area contributed by atoms with Crippen LogP contribution in [-0.2, 0) is 4.79 Å². The van der Waals surface area contributed by atoms with Crippen molar-refractivity contribution in [3.05, 3.63) is 29.3 Å². The highest BCUT2D eigenvalue weighted by molar-refractivity contribution is 7.81. The summed E-state index contributed by atoms with van der Waals surface area (Å²) in [5.41, 5.74) is 0.236. The van der Waals surface area contributed by atoms with Crippen LogP contribution in [0.2, 0.25) is 0 Å². The summed E-state index contributed by atoms with van der Waals surface area (Å²) in [6.45, 7) is 1.80. The van der Waals surface area contributed by atoms with E-state index in [1.807, 2.05) is 0 Å². The Labute approximate surface area is 97.7 Å². The van der Waals surface area contributed by atoms with Crippen molar-refractivity contribution in [3.63, 3.8) is 0 Å². The molecule has 1 saturated heterocycles. The van der Waals surface area contributed by atoms with Gasteiger partial charge in [-0.1, -0.05) is 0 Å². The van der Waals surface area contributed by atoms with Gasteiger partial charge in [0.2, 0.25) is 5.91 Å². The lowest BCUT2D eigenvalue weighted by Crippen LogP contribution is -2.25. The average molecular weight is 243 g/mol. The van der Waals surface area contributed by atoms with Crippen LogP contribution in [0.3, 0.4) is 0 Å². The lowest BCUT2D eigenvalue weighted by atomic mass is 10.2. The zero-order chi connectivity index (χ0) is 11.9. The SMILES string of the molecule is Cc1cc(F)c(N2CC(S)CC2=O)cc1F. The van der Waals surface area contributed by atoms with Gasteiger partial charge in [0.1, 0.15) is 11.6 Å². The van der Waals surface area contributed by atoms with Gasteiger partial charge in [-0.05, 0) is 18.6 Å². The number of hydrogen-bond acceptors (Lipinski definition) is 2. The first-order chi connectivity index (χ1) is 7.49. The van der Waals surface area contributed by atoms with Crippen molar-refractivity contribution in [2.45, 2.75) is 18.6 Å². The van der Waals surface area contributed by atoms with Gasteiger partial charge in [0.05, 0.1) is 5.69 Å². The Kier molecular flexibility index (Phi) is 2.88. The maximum Gasteiger partial charge on any atom is 0.228 e. The number of nitrogens with zero attached hydrogens (tertiary/aromatic N) is 1. The van der Waals surface area contributed by atoms with Gasteiger partial charge in [0, 0.05) is 24.3 Å². The molecule has 0 aliphatic carbocycles. The van der Waals surface area contributed by atoms with E-state index in [1.54, 1.807) is 0 Å². The molecular formula is C11H11F2NOS. The Morgan fingerprint density at radius 1 is 1.38 bits per heavy atom. The number of carbonyl (C=O) groups excluding carboxylic acids is 1. The molecular weight excluding hydrogens is 232 g/mol. The molecule has 1 heterocycles. The lowest BCUT2D eigenvalue weighted by molar-refractivity contribution is -0.117. The average Bonchev–Trinajstić information content (AvgIpc) is 2.51. The molecule has 16 heavy (non-hydrogen) atoms. The minimum atomic E-state index is -0.574. The summed E-state index contributed by atoms with van der Waals surface area (Å²) in [7, 11) is 0. The summed E-state index contributed by atoms with van der Waals surface area (Å²) in [4.78, 5) is 12.8. The quantitative estimate of drug-likeness (QED) is 0.750. The number of carbonyl (C=O) groups is 1. The van der Waals surface area contributed by atoms with E-state index < -0.39 is 11.6 Å². The Morgan fingerprint density at radius 3 is 2.62 bits per heavy atom. The highest BCUT2D eigenvalue weighted by Gasteiger charge is 2.30. The summed E-state index contributed by atoms with van der Waals surface area (Å²) in [6, 6.07) is 2.16. The predicted molar refractivity (Wildman–Crippen MR) is 60.8 cm³/mol. The molecule has 86 valence electrons. The smallest absolute Gasteiger partial charge is 0.228 e. The van der Waals surface area contributed by atoms with Gasteiger partial charge >= 0.3 is 0 Å². The van der Waals surface area contributed by atoms with Crippen molar-refractivity contribution in [2.75, 3.05) is 11.4 Å². The Balaban J connectivity index is 2.41. The van der Waals surface area contributed by atoms with Crippen LogP contribution in [0.25, 0.3) is 0 Å². The van der Waals surface area contributed by atoms with Gasteiger partial charge in [-0.2, -0.15) is 12.6 Å². The van der Waals surface area contributed by atoms with Crippen LogP contribution in [0.1, 0.15) is 12.0 Å². The molecule has 2 rings (SSSR count). The molecule has 2 nitrogen and oxygen atoms in total. The van der Waals surface area contributed by atoms with E-state index in [0.717, 1.165) is 12.1 Å². The molecule has 0 saturated carbocycles. The molecule has 0 bridgehead atoms. The molecule has 0 N–H and O–H groups in total. The van der Waals surface area contributed by atoms with Crippen molar-refractivity contribution >= 4 is 24.2 Å². The molecule has 0 aromatic heterocycles. The Hall–Kier alpha value is -1.10. The first-order valence-electron chi connectivity index (χ1n) is 4.93. The van der Waals surface area contributed by atoms with E-state index in [-0.39, 0.29) is 28.8 Å². The van der Waals surface area contributed by atoms with Crippen molar-refractivity contribution in [3.8, 4) is 0 Å². The number of rotatable bonds is 1. The minimum Gasteiger partial charge on any atom is -0.308 e. The van der Waals surface area contributed by atoms with Crippen LogP contribution in [0.15, 0.2) is 12.1 Å². The first kappa shape index (κ1) is 11.4. The summed E-state index contributed by atoms with van der Waals surface area (Å²) in [5, 5.41) is -0.115. The normalized spacial score (nSPS) is 20.6. The molecule has 1 aliphatic rings. The monoisotopic (exact) mass is 243 g/mol. The Bertz CT molecular complexity index is 450. The molecule has 1 unspecified atom stereocenters. The van der Waals surface area contributed by atoms with Crippen molar-refractivity contribution in [1.29, 1.82) is 0 Å². The summed E-state index contributed by atoms with van der Waals surface area (Å²) < 4.78 is 26.9. The number of anilines is 1. The zero-order valence-corrected chi connectivity index (χ0v) is 9.60. The second-order valence-electron chi connectivity index (χ2n) is 3.92. The molecule has 1 amide bonds. The molecule has 1 atom stereocenters. The third-order valence-corrected chi connectivity index (χ3v) is 2.97. The highest BCUT2D eigenvalue weighted by Crippen LogP contribution is 2.28. The van der Waals surface area contributed by atoms with Gasteiger partial charge in [0.25, 0.3) is 0 Å². The third-order valence-electron chi connectivity index (χ3n) is 2.62. The van der Waals surface area contributed by atoms with Gasteiger partial charge in [-0.3, -0.25) is 4.79 Å². The summed E-state index contributed by atoms with van der Waals surface area (Å²) in [5.74, 6) is -1.30. The second-order valence-corrected chi connectivity index (χ2v) is 4.65.